The van der Waals surface area contributed by atoms with Crippen LogP contribution in [-0.4, -0.2) is 78.9 Å². The number of fused-ring (bicyclic) bond motifs is 1. The van der Waals surface area contributed by atoms with Crippen molar-refractivity contribution >= 4 is 21.8 Å². The number of nitrogens with one attached hydrogen (secondary N) is 2. The van der Waals surface area contributed by atoms with Crippen LogP contribution in [0.4, 0.5) is 4.79 Å². The van der Waals surface area contributed by atoms with Crippen LogP contribution in [0.15, 0.2) is 66.4 Å². The molecule has 5 rings (SSSR count). The molecule has 14 heteroatoms. The zero-order valence-corrected chi connectivity index (χ0v) is 22.3. The van der Waals surface area contributed by atoms with Gasteiger partial charge in [-0.2, -0.15) is 10.5 Å². The van der Waals surface area contributed by atoms with E-state index >= 15 is 0 Å². The normalized spacial score (nSPS) is 23.1. The number of hydroxylamine groups is 1. The maximum absolute atomic E-state index is 12.9. The Bertz CT molecular complexity index is 1340. The summed E-state index contributed by atoms with van der Waals surface area (Å²) in [6, 6.07) is 16.8. The van der Waals surface area contributed by atoms with Crippen LogP contribution < -0.4 is 15.6 Å². The van der Waals surface area contributed by atoms with Crippen LogP contribution in [0.1, 0.15) is 17.5 Å². The predicted octanol–water partition coefficient (Wildman–Crippen LogP) is 1.09. The third kappa shape index (κ3) is 5.75. The molecule has 2 aromatic carbocycles. The van der Waals surface area contributed by atoms with E-state index in [-0.39, 0.29) is 24.8 Å². The van der Waals surface area contributed by atoms with Crippen molar-refractivity contribution in [2.45, 2.75) is 31.0 Å². The van der Waals surface area contributed by atoms with E-state index in [0.717, 1.165) is 11.1 Å². The first-order valence-corrected chi connectivity index (χ1v) is 13.9. The summed E-state index contributed by atoms with van der Waals surface area (Å²) in [6.45, 7) is 0.360. The van der Waals surface area contributed by atoms with E-state index < -0.39 is 27.5 Å². The van der Waals surface area contributed by atoms with Gasteiger partial charge in [-0.3, -0.25) is 9.63 Å². The molecule has 0 saturated carbocycles. The molecule has 2 aromatic rings. The van der Waals surface area contributed by atoms with Crippen molar-refractivity contribution in [3.63, 3.8) is 0 Å². The van der Waals surface area contributed by atoms with Crippen LogP contribution in [0.3, 0.4) is 0 Å². The van der Waals surface area contributed by atoms with E-state index in [1.165, 1.54) is 22.3 Å². The van der Waals surface area contributed by atoms with Crippen molar-refractivity contribution in [2.75, 3.05) is 26.7 Å². The number of alkyl carbamates (subject to hydrolysis) is 1. The maximum atomic E-state index is 12.9. The Morgan fingerprint density at radius 3 is 2.49 bits per heavy atom. The first kappa shape index (κ1) is 27.1. The third-order valence-corrected chi connectivity index (χ3v) is 8.61. The Kier molecular flexibility index (Phi) is 7.83. The van der Waals surface area contributed by atoms with Crippen molar-refractivity contribution in [3.8, 4) is 5.75 Å². The SMILES string of the molecule is COc1ccc(CN2NN(COC(=O)NCc3ccccc3)N(OC)C2C2=CN3C(=O)C[C@@H]3S(=O)(=O)C2)cc1. The molecule has 2 N–H and O–H groups in total. The molecule has 0 radical (unpaired) electrons. The van der Waals surface area contributed by atoms with E-state index in [2.05, 4.69) is 10.9 Å². The van der Waals surface area contributed by atoms with Gasteiger partial charge in [0.2, 0.25) is 5.91 Å². The quantitative estimate of drug-likeness (QED) is 0.429. The fourth-order valence-corrected chi connectivity index (χ4v) is 6.46. The average Bonchev–Trinajstić information content (AvgIpc) is 3.28. The molecule has 13 nitrogen and oxygen atoms in total. The summed E-state index contributed by atoms with van der Waals surface area (Å²) in [4.78, 5) is 31.4. The van der Waals surface area contributed by atoms with Gasteiger partial charge in [-0.15, -0.1) is 5.12 Å². The summed E-state index contributed by atoms with van der Waals surface area (Å²) in [7, 11) is -0.586. The minimum atomic E-state index is -3.59. The lowest BCUT2D eigenvalue weighted by atomic mass is 10.1. The van der Waals surface area contributed by atoms with E-state index in [9.17, 15) is 18.0 Å². The lowest BCUT2D eigenvalue weighted by Gasteiger charge is -2.42. The van der Waals surface area contributed by atoms with E-state index in [0.29, 0.717) is 24.4 Å². The standard InChI is InChI=1S/C25H30N6O7S/c1-36-21-10-8-19(9-11-21)14-29-24(20-15-28-22(32)12-23(28)39(34,35)16-20)31(37-2)30(27-29)17-38-25(33)26-13-18-6-4-3-5-7-18/h3-11,15,23-24,27H,12-14,16-17H2,1-2H3,(H,26,33)/t23-,24?/m0/s1. The number of carbonyl (C=O) groups excluding carboxylic acids is 2. The molecule has 0 aliphatic carbocycles. The lowest BCUT2D eigenvalue weighted by Crippen LogP contribution is -2.58. The van der Waals surface area contributed by atoms with Crippen molar-refractivity contribution in [2.24, 2.45) is 0 Å². The molecule has 3 aliphatic heterocycles. The minimum absolute atomic E-state index is 0.0172. The molecule has 0 bridgehead atoms. The van der Waals surface area contributed by atoms with Gasteiger partial charge < -0.3 is 19.7 Å². The summed E-state index contributed by atoms with van der Waals surface area (Å²) < 4.78 is 36.5. The Morgan fingerprint density at radius 2 is 1.82 bits per heavy atom. The first-order chi connectivity index (χ1) is 18.8. The molecule has 39 heavy (non-hydrogen) atoms. The number of carbonyl (C=O) groups is 2. The number of hydrazine groups is 3. The van der Waals surface area contributed by atoms with Gasteiger partial charge in [0.1, 0.15) is 17.3 Å². The molecule has 3 aliphatic rings. The number of methoxy groups -OCH3 is 1. The minimum Gasteiger partial charge on any atom is -0.497 e. The highest BCUT2D eigenvalue weighted by Gasteiger charge is 2.51. The third-order valence-electron chi connectivity index (χ3n) is 6.65. The van der Waals surface area contributed by atoms with Crippen LogP contribution in [0.2, 0.25) is 0 Å². The summed E-state index contributed by atoms with van der Waals surface area (Å²) in [5.41, 5.74) is 5.36. The Hall–Kier alpha value is -3.53. The van der Waals surface area contributed by atoms with E-state index in [4.69, 9.17) is 14.3 Å². The molecule has 2 saturated heterocycles. The lowest BCUT2D eigenvalue weighted by molar-refractivity contribution is -0.286. The van der Waals surface area contributed by atoms with Gasteiger partial charge in [-0.1, -0.05) is 47.6 Å². The number of hydrogen-bond donors (Lipinski definition) is 2. The first-order valence-electron chi connectivity index (χ1n) is 12.2. The number of hydrogen-bond acceptors (Lipinski definition) is 11. The number of benzene rings is 2. The number of nitrogens with zero attached hydrogens (tertiary/aromatic N) is 4. The van der Waals surface area contributed by atoms with Crippen LogP contribution in [0, 0.1) is 0 Å². The fraction of sp³-hybridized carbons (Fsp3) is 0.360. The van der Waals surface area contributed by atoms with Crippen LogP contribution in [0.25, 0.3) is 0 Å². The van der Waals surface area contributed by atoms with Gasteiger partial charge in [0, 0.05) is 19.3 Å². The number of β-lactam (4-membered cyclic amide) rings is 1. The highest BCUT2D eigenvalue weighted by atomic mass is 32.2. The highest BCUT2D eigenvalue weighted by molar-refractivity contribution is 7.92. The van der Waals surface area contributed by atoms with Gasteiger partial charge in [-0.25, -0.2) is 13.2 Å². The van der Waals surface area contributed by atoms with Gasteiger partial charge >= 0.3 is 6.09 Å². The van der Waals surface area contributed by atoms with Crippen LogP contribution >= 0.6 is 0 Å². The largest absolute Gasteiger partial charge is 0.497 e. The summed E-state index contributed by atoms with van der Waals surface area (Å²) >= 11 is 0. The molecular weight excluding hydrogens is 528 g/mol. The second kappa shape index (κ2) is 11.3. The Balaban J connectivity index is 1.34. The van der Waals surface area contributed by atoms with Gasteiger partial charge in [0.25, 0.3) is 0 Å². The van der Waals surface area contributed by atoms with Gasteiger partial charge in [0.05, 0.1) is 26.4 Å². The fourth-order valence-electron chi connectivity index (χ4n) is 4.66. The van der Waals surface area contributed by atoms with E-state index in [1.54, 1.807) is 18.3 Å². The molecule has 3 heterocycles. The van der Waals surface area contributed by atoms with Crippen LogP contribution in [-0.2, 0) is 37.3 Å². The molecule has 0 aromatic heterocycles. The summed E-state index contributed by atoms with van der Waals surface area (Å²) in [5.74, 6) is 0.190. The topological polar surface area (TPSA) is 133 Å². The van der Waals surface area contributed by atoms with Crippen LogP contribution in [0.5, 0.6) is 5.75 Å². The van der Waals surface area contributed by atoms with Crippen molar-refractivity contribution in [1.29, 1.82) is 0 Å². The summed E-state index contributed by atoms with van der Waals surface area (Å²) in [6.07, 6.45) is 0.150. The molecule has 1 unspecified atom stereocenters. The Morgan fingerprint density at radius 1 is 1.08 bits per heavy atom. The van der Waals surface area contributed by atoms with Gasteiger partial charge in [0.15, 0.2) is 16.6 Å². The smallest absolute Gasteiger partial charge is 0.408 e. The predicted molar refractivity (Wildman–Crippen MR) is 138 cm³/mol. The zero-order chi connectivity index (χ0) is 27.6. The second-order valence-electron chi connectivity index (χ2n) is 9.21. The van der Waals surface area contributed by atoms with E-state index in [1.807, 2.05) is 54.6 Å². The highest BCUT2D eigenvalue weighted by Crippen LogP contribution is 2.35. The van der Waals surface area contributed by atoms with Crippen molar-refractivity contribution < 1.29 is 32.3 Å². The monoisotopic (exact) mass is 558 g/mol. The number of ether oxygens (including phenoxy) is 2. The number of amides is 2. The number of sulfone groups is 1. The molecule has 2 fully saturated rings. The molecule has 2 amide bonds. The number of rotatable bonds is 9. The average molecular weight is 559 g/mol. The maximum Gasteiger partial charge on any atom is 0.408 e. The van der Waals surface area contributed by atoms with Gasteiger partial charge in [-0.05, 0) is 28.8 Å². The molecule has 208 valence electrons. The zero-order valence-electron chi connectivity index (χ0n) is 21.5. The van der Waals surface area contributed by atoms with Crippen molar-refractivity contribution in [3.05, 3.63) is 77.5 Å². The van der Waals surface area contributed by atoms with Crippen molar-refractivity contribution in [1.82, 2.24) is 31.1 Å². The second-order valence-corrected chi connectivity index (χ2v) is 11.4. The molecule has 2 atom stereocenters. The molecular formula is C25H30N6O7S. The molecule has 0 spiro atoms. The summed E-state index contributed by atoms with van der Waals surface area (Å²) in [5, 5.41) is 6.38. The Labute approximate surface area is 226 Å².